The zero-order chi connectivity index (χ0) is 34.1. The van der Waals surface area contributed by atoms with Crippen molar-refractivity contribution in [2.75, 3.05) is 52.5 Å². The lowest BCUT2D eigenvalue weighted by Crippen LogP contribution is -2.25. The molecule has 0 amide bonds. The van der Waals surface area contributed by atoms with E-state index in [9.17, 15) is 17.6 Å². The molecule has 1 fully saturated rings. The number of aromatic nitrogens is 2. The average molecular weight is 671 g/mol. The Kier molecular flexibility index (Phi) is 12.2. The SMILES string of the molecule is CCCCn1c(-c2ccc(Oc3ccc(F)c(C(F)(F)F)c3)cc2OCCCN(CC)CC)nc2ccc(OCCN3CCCC3)cc21. The third-order valence-corrected chi connectivity index (χ3v) is 8.77. The van der Waals surface area contributed by atoms with Gasteiger partial charge in [0.2, 0.25) is 0 Å². The maximum absolute atomic E-state index is 13.9. The first-order valence-electron chi connectivity index (χ1n) is 17.1. The molecule has 7 nitrogen and oxygen atoms in total. The number of fused-ring (bicyclic) bond motifs is 1. The molecule has 0 spiro atoms. The fraction of sp³-hybridized carbons (Fsp3) is 0.486. The predicted molar refractivity (Wildman–Crippen MR) is 181 cm³/mol. The second kappa shape index (κ2) is 16.5. The fourth-order valence-electron chi connectivity index (χ4n) is 6.04. The normalized spacial score (nSPS) is 13.9. The van der Waals surface area contributed by atoms with Crippen LogP contribution in [-0.4, -0.2) is 71.8 Å². The highest BCUT2D eigenvalue weighted by Gasteiger charge is 2.34. The number of halogens is 4. The van der Waals surface area contributed by atoms with Crippen molar-refractivity contribution in [3.63, 3.8) is 0 Å². The van der Waals surface area contributed by atoms with Crippen LogP contribution in [0.1, 0.15) is 58.4 Å². The van der Waals surface area contributed by atoms with E-state index in [1.54, 1.807) is 12.1 Å². The molecule has 0 saturated carbocycles. The van der Waals surface area contributed by atoms with Crippen LogP contribution in [0.2, 0.25) is 0 Å². The van der Waals surface area contributed by atoms with Crippen LogP contribution >= 0.6 is 0 Å². The van der Waals surface area contributed by atoms with Crippen molar-refractivity contribution in [3.05, 3.63) is 66.0 Å². The third kappa shape index (κ3) is 8.99. The molecular formula is C37H46F4N4O3. The lowest BCUT2D eigenvalue weighted by Gasteiger charge is -2.19. The standard InChI is InChI=1S/C37H46F4N4O3/c1-4-7-20-45-34-25-27(46-23-21-44-17-8-9-18-44)13-16-33(34)42-36(45)30-14-11-29(26-35(30)47-22-10-19-43(5-2)6-3)48-28-12-15-32(38)31(24-28)37(39,40)41/h11-16,24-26H,4-10,17-23H2,1-3H3. The molecule has 0 atom stereocenters. The Hall–Kier alpha value is -3.83. The highest BCUT2D eigenvalue weighted by atomic mass is 19.4. The van der Waals surface area contributed by atoms with E-state index < -0.39 is 17.6 Å². The van der Waals surface area contributed by atoms with Gasteiger partial charge in [0.05, 0.1) is 28.8 Å². The van der Waals surface area contributed by atoms with Crippen LogP contribution in [0.5, 0.6) is 23.0 Å². The number of unbranched alkanes of at least 4 members (excludes halogenated alkanes) is 1. The second-order valence-corrected chi connectivity index (χ2v) is 12.1. The molecule has 11 heteroatoms. The first-order chi connectivity index (χ1) is 23.2. The van der Waals surface area contributed by atoms with Crippen molar-refractivity contribution in [1.82, 2.24) is 19.4 Å². The highest BCUT2D eigenvalue weighted by molar-refractivity contribution is 5.83. The van der Waals surface area contributed by atoms with Crippen molar-refractivity contribution in [3.8, 4) is 34.4 Å². The largest absolute Gasteiger partial charge is 0.493 e. The van der Waals surface area contributed by atoms with Gasteiger partial charge in [-0.3, -0.25) is 4.90 Å². The molecule has 0 unspecified atom stereocenters. The number of alkyl halides is 3. The molecule has 260 valence electrons. The van der Waals surface area contributed by atoms with Gasteiger partial charge in [-0.15, -0.1) is 0 Å². The number of rotatable bonds is 17. The Morgan fingerprint density at radius 2 is 1.54 bits per heavy atom. The number of imidazole rings is 1. The van der Waals surface area contributed by atoms with Gasteiger partial charge in [0.1, 0.15) is 41.2 Å². The van der Waals surface area contributed by atoms with E-state index in [0.717, 1.165) is 99.3 Å². The number of likely N-dealkylation sites (tertiary alicyclic amines) is 1. The lowest BCUT2D eigenvalue weighted by atomic mass is 10.1. The van der Waals surface area contributed by atoms with Gasteiger partial charge in [0, 0.05) is 31.8 Å². The van der Waals surface area contributed by atoms with Crippen LogP contribution < -0.4 is 14.2 Å². The Bertz CT molecular complexity index is 1630. The minimum absolute atomic E-state index is 0.128. The van der Waals surface area contributed by atoms with Crippen molar-refractivity contribution < 1.29 is 31.8 Å². The number of aryl methyl sites for hydroxylation is 1. The molecule has 0 N–H and O–H groups in total. The molecule has 0 aliphatic carbocycles. The molecule has 0 bridgehead atoms. The molecule has 1 aliphatic heterocycles. The van der Waals surface area contributed by atoms with E-state index in [2.05, 4.69) is 35.1 Å². The first-order valence-corrected chi connectivity index (χ1v) is 17.1. The molecule has 4 aromatic rings. The zero-order valence-corrected chi connectivity index (χ0v) is 28.1. The Labute approximate surface area is 280 Å². The summed E-state index contributed by atoms with van der Waals surface area (Å²) in [6, 6.07) is 13.7. The van der Waals surface area contributed by atoms with Crippen molar-refractivity contribution in [2.45, 2.75) is 65.6 Å². The topological polar surface area (TPSA) is 52.0 Å². The van der Waals surface area contributed by atoms with Crippen molar-refractivity contribution >= 4 is 11.0 Å². The van der Waals surface area contributed by atoms with Crippen LogP contribution in [-0.2, 0) is 12.7 Å². The van der Waals surface area contributed by atoms with E-state index in [4.69, 9.17) is 19.2 Å². The molecule has 1 aromatic heterocycles. The number of hydrogen-bond donors (Lipinski definition) is 0. The van der Waals surface area contributed by atoms with Crippen LogP contribution in [0.25, 0.3) is 22.4 Å². The summed E-state index contributed by atoms with van der Waals surface area (Å²) < 4.78 is 74.6. The summed E-state index contributed by atoms with van der Waals surface area (Å²) in [4.78, 5) is 9.76. The van der Waals surface area contributed by atoms with Gasteiger partial charge in [0.25, 0.3) is 0 Å². The summed E-state index contributed by atoms with van der Waals surface area (Å²) in [6.45, 7) is 14.0. The predicted octanol–water partition coefficient (Wildman–Crippen LogP) is 9.04. The summed E-state index contributed by atoms with van der Waals surface area (Å²) in [5.74, 6) is 0.798. The molecule has 1 aliphatic rings. The van der Waals surface area contributed by atoms with Gasteiger partial charge in [-0.1, -0.05) is 27.2 Å². The Balaban J connectivity index is 1.46. The number of hydrogen-bond acceptors (Lipinski definition) is 6. The maximum Gasteiger partial charge on any atom is 0.419 e. The van der Waals surface area contributed by atoms with E-state index in [0.29, 0.717) is 25.0 Å². The third-order valence-electron chi connectivity index (χ3n) is 8.77. The van der Waals surface area contributed by atoms with Crippen LogP contribution in [0.4, 0.5) is 17.6 Å². The van der Waals surface area contributed by atoms with Crippen molar-refractivity contribution in [2.24, 2.45) is 0 Å². The molecular weight excluding hydrogens is 624 g/mol. The van der Waals surface area contributed by atoms with Gasteiger partial charge >= 0.3 is 6.18 Å². The zero-order valence-electron chi connectivity index (χ0n) is 28.1. The van der Waals surface area contributed by atoms with E-state index in [1.165, 1.54) is 18.9 Å². The first kappa shape index (κ1) is 35.5. The lowest BCUT2D eigenvalue weighted by molar-refractivity contribution is -0.140. The smallest absolute Gasteiger partial charge is 0.419 e. The molecule has 1 saturated heterocycles. The number of benzene rings is 3. The van der Waals surface area contributed by atoms with Crippen LogP contribution in [0, 0.1) is 5.82 Å². The number of ether oxygens (including phenoxy) is 3. The number of nitrogens with zero attached hydrogens (tertiary/aromatic N) is 4. The molecule has 48 heavy (non-hydrogen) atoms. The van der Waals surface area contributed by atoms with Gasteiger partial charge in [-0.05, 0) is 94.3 Å². The van der Waals surface area contributed by atoms with E-state index >= 15 is 0 Å². The fourth-order valence-corrected chi connectivity index (χ4v) is 6.04. The van der Waals surface area contributed by atoms with E-state index in [-0.39, 0.29) is 11.5 Å². The Morgan fingerprint density at radius 3 is 2.27 bits per heavy atom. The van der Waals surface area contributed by atoms with Gasteiger partial charge in [0.15, 0.2) is 0 Å². The van der Waals surface area contributed by atoms with Gasteiger partial charge in [-0.2, -0.15) is 13.2 Å². The quantitative estimate of drug-likeness (QED) is 0.0826. The summed E-state index contributed by atoms with van der Waals surface area (Å²) in [5.41, 5.74) is 1.14. The van der Waals surface area contributed by atoms with Gasteiger partial charge < -0.3 is 23.7 Å². The maximum atomic E-state index is 13.9. The molecule has 3 aromatic carbocycles. The summed E-state index contributed by atoms with van der Waals surface area (Å²) >= 11 is 0. The minimum Gasteiger partial charge on any atom is -0.493 e. The Morgan fingerprint density at radius 1 is 0.812 bits per heavy atom. The summed E-state index contributed by atoms with van der Waals surface area (Å²) in [6.07, 6.45) is 0.346. The van der Waals surface area contributed by atoms with Crippen LogP contribution in [0.3, 0.4) is 0 Å². The average Bonchev–Trinajstić information content (AvgIpc) is 3.72. The second-order valence-electron chi connectivity index (χ2n) is 12.1. The molecule has 5 rings (SSSR count). The van der Waals surface area contributed by atoms with Gasteiger partial charge in [-0.25, -0.2) is 9.37 Å². The molecule has 2 heterocycles. The van der Waals surface area contributed by atoms with E-state index in [1.807, 2.05) is 24.3 Å². The summed E-state index contributed by atoms with van der Waals surface area (Å²) in [7, 11) is 0. The minimum atomic E-state index is -4.84. The summed E-state index contributed by atoms with van der Waals surface area (Å²) in [5, 5.41) is 0. The highest BCUT2D eigenvalue weighted by Crippen LogP contribution is 2.39. The van der Waals surface area contributed by atoms with Crippen molar-refractivity contribution in [1.29, 1.82) is 0 Å². The monoisotopic (exact) mass is 670 g/mol. The van der Waals surface area contributed by atoms with Crippen LogP contribution in [0.15, 0.2) is 54.6 Å². The molecule has 0 radical (unpaired) electrons.